The molecule has 2 rings (SSSR count). The minimum Gasteiger partial charge on any atom is -0.341 e. The number of hydrogen-bond donors (Lipinski definition) is 2. The monoisotopic (exact) mass is 389 g/mol. The van der Waals surface area contributed by atoms with E-state index in [9.17, 15) is 18.0 Å². The van der Waals surface area contributed by atoms with Crippen LogP contribution in [0.2, 0.25) is 0 Å². The Hall–Kier alpha value is -2.87. The molecule has 0 radical (unpaired) electrons. The predicted octanol–water partition coefficient (Wildman–Crippen LogP) is 3.07. The minimum atomic E-state index is -4.10. The molecule has 0 heterocycles. The maximum absolute atomic E-state index is 13.2. The summed E-state index contributed by atoms with van der Waals surface area (Å²) in [5.41, 5.74) is -0.246. The molecular formula is C19H23N3O4S. The molecule has 0 aliphatic rings. The summed E-state index contributed by atoms with van der Waals surface area (Å²) in [6.45, 7) is 4.98. The number of anilines is 1. The van der Waals surface area contributed by atoms with Crippen LogP contribution in [0.4, 0.5) is 10.5 Å². The molecule has 0 bridgehead atoms. The molecule has 0 spiro atoms. The number of rotatable bonds is 4. The van der Waals surface area contributed by atoms with Gasteiger partial charge in [-0.3, -0.25) is 4.79 Å². The first-order chi connectivity index (χ1) is 12.6. The number of carbonyl (C=O) groups excluding carboxylic acids is 2. The van der Waals surface area contributed by atoms with E-state index in [-0.39, 0.29) is 10.5 Å². The second-order valence-electron chi connectivity index (χ2n) is 6.84. The molecule has 2 aromatic carbocycles. The second kappa shape index (κ2) is 7.79. The molecule has 8 heteroatoms. The molecular weight excluding hydrogens is 366 g/mol. The van der Waals surface area contributed by atoms with Crippen LogP contribution in [-0.2, 0) is 10.0 Å². The van der Waals surface area contributed by atoms with E-state index in [1.165, 1.54) is 31.3 Å². The number of urea groups is 1. The average Bonchev–Trinajstić information content (AvgIpc) is 2.61. The van der Waals surface area contributed by atoms with Gasteiger partial charge in [0.2, 0.25) is 0 Å². The summed E-state index contributed by atoms with van der Waals surface area (Å²) in [7, 11) is -2.62. The van der Waals surface area contributed by atoms with Crippen LogP contribution in [0.3, 0.4) is 0 Å². The predicted molar refractivity (Wildman–Crippen MR) is 104 cm³/mol. The van der Waals surface area contributed by atoms with Crippen LogP contribution >= 0.6 is 0 Å². The molecule has 0 aromatic heterocycles. The summed E-state index contributed by atoms with van der Waals surface area (Å²) in [5, 5.41) is 4.96. The van der Waals surface area contributed by atoms with Crippen molar-refractivity contribution in [1.82, 2.24) is 9.62 Å². The van der Waals surface area contributed by atoms with Gasteiger partial charge in [0, 0.05) is 18.3 Å². The average molecular weight is 389 g/mol. The van der Waals surface area contributed by atoms with Crippen molar-refractivity contribution in [3.05, 3.63) is 60.2 Å². The Bertz CT molecular complexity index is 918. The molecule has 0 unspecified atom stereocenters. The number of amides is 3. The van der Waals surface area contributed by atoms with Gasteiger partial charge in [0.1, 0.15) is 0 Å². The van der Waals surface area contributed by atoms with E-state index in [4.69, 9.17) is 0 Å². The third-order valence-corrected chi connectivity index (χ3v) is 5.75. The Balaban J connectivity index is 2.43. The first-order valence-corrected chi connectivity index (χ1v) is 9.75. The normalized spacial score (nSPS) is 11.6. The van der Waals surface area contributed by atoms with Crippen LogP contribution < -0.4 is 10.6 Å². The molecule has 0 saturated carbocycles. The summed E-state index contributed by atoms with van der Waals surface area (Å²) in [6.07, 6.45) is 0. The van der Waals surface area contributed by atoms with Crippen LogP contribution in [-0.4, -0.2) is 37.2 Å². The highest BCUT2D eigenvalue weighted by Crippen LogP contribution is 2.27. The molecule has 0 saturated heterocycles. The highest BCUT2D eigenvalue weighted by molar-refractivity contribution is 7.89. The lowest BCUT2D eigenvalue weighted by Gasteiger charge is -2.34. The molecule has 0 aliphatic carbocycles. The molecule has 0 aliphatic heterocycles. The molecule has 7 nitrogen and oxygen atoms in total. The Morgan fingerprint density at radius 3 is 1.96 bits per heavy atom. The van der Waals surface area contributed by atoms with Gasteiger partial charge in [-0.1, -0.05) is 18.2 Å². The third-order valence-electron chi connectivity index (χ3n) is 3.69. The lowest BCUT2D eigenvalue weighted by molar-refractivity contribution is 0.0773. The zero-order chi connectivity index (χ0) is 20.2. The van der Waals surface area contributed by atoms with Crippen molar-refractivity contribution in [3.63, 3.8) is 0 Å². The second-order valence-corrected chi connectivity index (χ2v) is 8.63. The van der Waals surface area contributed by atoms with Crippen molar-refractivity contribution >= 4 is 27.6 Å². The summed E-state index contributed by atoms with van der Waals surface area (Å²) >= 11 is 0. The van der Waals surface area contributed by atoms with Crippen molar-refractivity contribution < 1.29 is 18.0 Å². The topological polar surface area (TPSA) is 95.6 Å². The lowest BCUT2D eigenvalue weighted by Crippen LogP contribution is -2.49. The zero-order valence-corrected chi connectivity index (χ0v) is 16.5. The maximum Gasteiger partial charge on any atom is 0.318 e. The summed E-state index contributed by atoms with van der Waals surface area (Å²) in [6, 6.07) is 13.5. The van der Waals surface area contributed by atoms with Crippen molar-refractivity contribution in [2.75, 3.05) is 12.4 Å². The van der Waals surface area contributed by atoms with E-state index < -0.39 is 27.5 Å². The standard InChI is InChI=1S/C19H23N3O4S/c1-19(2,3)22(17(23)14-8-6-5-7-9-14)27(25,26)16-12-10-15(11-13-16)21-18(24)20-4/h5-13H,1-4H3,(H2,20,21,24). The van der Waals surface area contributed by atoms with Crippen LogP contribution in [0.25, 0.3) is 0 Å². The molecule has 0 fully saturated rings. The fourth-order valence-electron chi connectivity index (χ4n) is 2.48. The van der Waals surface area contributed by atoms with Crippen LogP contribution in [0.5, 0.6) is 0 Å². The Morgan fingerprint density at radius 1 is 0.926 bits per heavy atom. The summed E-state index contributed by atoms with van der Waals surface area (Å²) < 4.78 is 27.3. The Labute approximate surface area is 159 Å². The van der Waals surface area contributed by atoms with Gasteiger partial charge in [-0.05, 0) is 57.2 Å². The quantitative estimate of drug-likeness (QED) is 0.840. The fraction of sp³-hybridized carbons (Fsp3) is 0.263. The molecule has 0 atom stereocenters. The molecule has 144 valence electrons. The molecule has 2 N–H and O–H groups in total. The van der Waals surface area contributed by atoms with E-state index in [0.717, 1.165) is 4.31 Å². The number of hydrogen-bond acceptors (Lipinski definition) is 4. The van der Waals surface area contributed by atoms with E-state index in [2.05, 4.69) is 10.6 Å². The number of nitrogens with one attached hydrogen (secondary N) is 2. The summed E-state index contributed by atoms with van der Waals surface area (Å²) in [4.78, 5) is 24.3. The Morgan fingerprint density at radius 2 is 1.48 bits per heavy atom. The SMILES string of the molecule is CNC(=O)Nc1ccc(S(=O)(=O)N(C(=O)c2ccccc2)C(C)(C)C)cc1. The number of carbonyl (C=O) groups is 2. The van der Waals surface area contributed by atoms with Gasteiger partial charge in [-0.15, -0.1) is 0 Å². The van der Waals surface area contributed by atoms with Gasteiger partial charge in [-0.25, -0.2) is 17.5 Å². The number of nitrogens with zero attached hydrogens (tertiary/aromatic N) is 1. The van der Waals surface area contributed by atoms with Gasteiger partial charge in [0.05, 0.1) is 10.4 Å². The van der Waals surface area contributed by atoms with Gasteiger partial charge in [0.15, 0.2) is 0 Å². The number of benzene rings is 2. The number of sulfonamides is 1. The highest BCUT2D eigenvalue weighted by Gasteiger charge is 2.38. The van der Waals surface area contributed by atoms with E-state index in [0.29, 0.717) is 5.69 Å². The molecule has 2 aromatic rings. The summed E-state index contributed by atoms with van der Waals surface area (Å²) in [5.74, 6) is -0.601. The van der Waals surface area contributed by atoms with E-state index in [1.807, 2.05) is 0 Å². The van der Waals surface area contributed by atoms with Crippen molar-refractivity contribution in [3.8, 4) is 0 Å². The van der Waals surface area contributed by atoms with Crippen molar-refractivity contribution in [2.24, 2.45) is 0 Å². The van der Waals surface area contributed by atoms with E-state index >= 15 is 0 Å². The smallest absolute Gasteiger partial charge is 0.318 e. The van der Waals surface area contributed by atoms with Crippen molar-refractivity contribution in [2.45, 2.75) is 31.2 Å². The Kier molecular flexibility index (Phi) is 5.90. The zero-order valence-electron chi connectivity index (χ0n) is 15.7. The van der Waals surface area contributed by atoms with Gasteiger partial charge >= 0.3 is 6.03 Å². The van der Waals surface area contributed by atoms with Crippen molar-refractivity contribution in [1.29, 1.82) is 0 Å². The fourth-order valence-corrected chi connectivity index (χ4v) is 4.22. The van der Waals surface area contributed by atoms with Gasteiger partial charge in [0.25, 0.3) is 15.9 Å². The van der Waals surface area contributed by atoms with E-state index in [1.54, 1.807) is 51.1 Å². The van der Waals surface area contributed by atoms with Gasteiger partial charge < -0.3 is 10.6 Å². The maximum atomic E-state index is 13.2. The minimum absolute atomic E-state index is 0.0378. The first kappa shape index (κ1) is 20.4. The van der Waals surface area contributed by atoms with Crippen LogP contribution in [0, 0.1) is 0 Å². The largest absolute Gasteiger partial charge is 0.341 e. The first-order valence-electron chi connectivity index (χ1n) is 8.31. The van der Waals surface area contributed by atoms with Gasteiger partial charge in [-0.2, -0.15) is 0 Å². The van der Waals surface area contributed by atoms with Crippen LogP contribution in [0.1, 0.15) is 31.1 Å². The molecule has 3 amide bonds. The third kappa shape index (κ3) is 4.65. The lowest BCUT2D eigenvalue weighted by atomic mass is 10.1. The van der Waals surface area contributed by atoms with Crippen LogP contribution in [0.15, 0.2) is 59.5 Å². The highest BCUT2D eigenvalue weighted by atomic mass is 32.2. The molecule has 27 heavy (non-hydrogen) atoms.